The Balaban J connectivity index is 1.25. The summed E-state index contributed by atoms with van der Waals surface area (Å²) in [6, 6.07) is 48.3. The molecule has 0 saturated carbocycles. The van der Waals surface area contributed by atoms with Gasteiger partial charge >= 0.3 is 0 Å². The molecule has 1 aliphatic rings. The van der Waals surface area contributed by atoms with E-state index in [4.69, 9.17) is 19.4 Å². The molecule has 1 aliphatic carbocycles. The van der Waals surface area contributed by atoms with Crippen LogP contribution >= 0.6 is 0 Å². The highest BCUT2D eigenvalue weighted by atomic mass is 16.3. The van der Waals surface area contributed by atoms with Crippen LogP contribution in [0.5, 0.6) is 0 Å². The molecule has 0 amide bonds. The average Bonchev–Trinajstić information content (AvgIpc) is 3.60. The van der Waals surface area contributed by atoms with E-state index >= 15 is 0 Å². The molecule has 0 radical (unpaired) electrons. The monoisotopic (exact) mass is 591 g/mol. The van der Waals surface area contributed by atoms with Crippen molar-refractivity contribution in [3.63, 3.8) is 0 Å². The van der Waals surface area contributed by atoms with Crippen molar-refractivity contribution in [1.82, 2.24) is 15.0 Å². The first-order chi connectivity index (χ1) is 22.6. The fourth-order valence-electron chi connectivity index (χ4n) is 7.11. The van der Waals surface area contributed by atoms with Gasteiger partial charge in [-0.3, -0.25) is 0 Å². The number of rotatable bonds is 4. The smallest absolute Gasteiger partial charge is 0.164 e. The molecule has 2 aromatic heterocycles. The zero-order valence-corrected chi connectivity index (χ0v) is 25.5. The van der Waals surface area contributed by atoms with Crippen LogP contribution in [0.3, 0.4) is 0 Å². The van der Waals surface area contributed by atoms with Gasteiger partial charge in [-0.2, -0.15) is 0 Å². The van der Waals surface area contributed by atoms with Crippen LogP contribution in [0, 0.1) is 0 Å². The molecule has 46 heavy (non-hydrogen) atoms. The Kier molecular flexibility index (Phi) is 5.81. The van der Waals surface area contributed by atoms with Crippen molar-refractivity contribution < 1.29 is 4.42 Å². The largest absolute Gasteiger partial charge is 0.456 e. The van der Waals surface area contributed by atoms with Crippen molar-refractivity contribution in [3.8, 4) is 56.4 Å². The van der Waals surface area contributed by atoms with E-state index in [2.05, 4.69) is 111 Å². The second-order valence-corrected chi connectivity index (χ2v) is 12.4. The van der Waals surface area contributed by atoms with Crippen LogP contribution < -0.4 is 0 Å². The lowest BCUT2D eigenvalue weighted by molar-refractivity contribution is 0.660. The van der Waals surface area contributed by atoms with E-state index in [-0.39, 0.29) is 5.41 Å². The number of furan rings is 1. The third-order valence-electron chi connectivity index (χ3n) is 9.36. The zero-order valence-electron chi connectivity index (χ0n) is 25.5. The van der Waals surface area contributed by atoms with E-state index in [1.807, 2.05) is 42.5 Å². The minimum Gasteiger partial charge on any atom is -0.456 e. The van der Waals surface area contributed by atoms with Crippen molar-refractivity contribution in [2.75, 3.05) is 0 Å². The predicted octanol–water partition coefficient (Wildman–Crippen LogP) is 10.7. The number of hydrogen-bond donors (Lipinski definition) is 0. The minimum absolute atomic E-state index is 0.120. The van der Waals surface area contributed by atoms with Gasteiger partial charge in [0.25, 0.3) is 0 Å². The standard InChI is InChI=1S/C42H29N3O/c1-42(2)33-20-10-9-17-30(33)37-32(19-11-21-34(37)42)41-44-39(27-15-7-4-8-16-27)43-40(45-41)28-23-24-31-36(25-28)46-35-22-12-18-29(38(31)35)26-13-5-3-6-14-26/h3-25H,1-2H3. The van der Waals surface area contributed by atoms with E-state index in [1.54, 1.807) is 0 Å². The Morgan fingerprint density at radius 3 is 1.87 bits per heavy atom. The lowest BCUT2D eigenvalue weighted by Gasteiger charge is -2.21. The van der Waals surface area contributed by atoms with Gasteiger partial charge in [0.05, 0.1) is 0 Å². The molecule has 0 bridgehead atoms. The third-order valence-corrected chi connectivity index (χ3v) is 9.36. The molecule has 0 unspecified atom stereocenters. The van der Waals surface area contributed by atoms with E-state index in [0.717, 1.165) is 49.8 Å². The van der Waals surface area contributed by atoms with Crippen molar-refractivity contribution >= 4 is 21.9 Å². The number of benzene rings is 6. The van der Waals surface area contributed by atoms with Crippen molar-refractivity contribution in [2.45, 2.75) is 19.3 Å². The number of aromatic nitrogens is 3. The molecule has 218 valence electrons. The Morgan fingerprint density at radius 2 is 1.07 bits per heavy atom. The van der Waals surface area contributed by atoms with Crippen molar-refractivity contribution in [3.05, 3.63) is 151 Å². The summed E-state index contributed by atoms with van der Waals surface area (Å²) in [6.45, 7) is 4.59. The molecule has 0 atom stereocenters. The average molecular weight is 592 g/mol. The second kappa shape index (κ2) is 10.1. The molecule has 0 saturated heterocycles. The second-order valence-electron chi connectivity index (χ2n) is 12.4. The molecule has 4 heteroatoms. The van der Waals surface area contributed by atoms with Crippen LogP contribution in [0.4, 0.5) is 0 Å². The molecular weight excluding hydrogens is 562 g/mol. The number of nitrogens with zero attached hydrogens (tertiary/aromatic N) is 3. The highest BCUT2D eigenvalue weighted by Gasteiger charge is 2.37. The van der Waals surface area contributed by atoms with Crippen LogP contribution in [-0.4, -0.2) is 15.0 Å². The number of fused-ring (bicyclic) bond motifs is 6. The summed E-state index contributed by atoms with van der Waals surface area (Å²) >= 11 is 0. The molecule has 8 aromatic rings. The van der Waals surface area contributed by atoms with Gasteiger partial charge in [-0.1, -0.05) is 135 Å². The Hall–Kier alpha value is -5.87. The maximum atomic E-state index is 6.46. The minimum atomic E-state index is -0.120. The molecule has 4 nitrogen and oxygen atoms in total. The van der Waals surface area contributed by atoms with Crippen molar-refractivity contribution in [1.29, 1.82) is 0 Å². The maximum Gasteiger partial charge on any atom is 0.164 e. The molecule has 0 fully saturated rings. The molecule has 0 aliphatic heterocycles. The normalized spacial score (nSPS) is 13.2. The first-order valence-electron chi connectivity index (χ1n) is 15.6. The van der Waals surface area contributed by atoms with Crippen LogP contribution in [0.25, 0.3) is 78.4 Å². The maximum absolute atomic E-state index is 6.46. The zero-order chi connectivity index (χ0) is 30.8. The van der Waals surface area contributed by atoms with E-state index < -0.39 is 0 Å². The predicted molar refractivity (Wildman–Crippen MR) is 186 cm³/mol. The molecule has 0 N–H and O–H groups in total. The van der Waals surface area contributed by atoms with Gasteiger partial charge in [0.2, 0.25) is 0 Å². The summed E-state index contributed by atoms with van der Waals surface area (Å²) < 4.78 is 6.46. The van der Waals surface area contributed by atoms with E-state index in [9.17, 15) is 0 Å². The quantitative estimate of drug-likeness (QED) is 0.204. The summed E-state index contributed by atoms with van der Waals surface area (Å²) in [6.07, 6.45) is 0. The first kappa shape index (κ1) is 26.5. The van der Waals surface area contributed by atoms with Gasteiger partial charge in [-0.25, -0.2) is 15.0 Å². The topological polar surface area (TPSA) is 51.8 Å². The Bertz CT molecular complexity index is 2440. The van der Waals surface area contributed by atoms with E-state index in [1.165, 1.54) is 22.3 Å². The number of hydrogen-bond acceptors (Lipinski definition) is 4. The highest BCUT2D eigenvalue weighted by Crippen LogP contribution is 2.51. The van der Waals surface area contributed by atoms with E-state index in [0.29, 0.717) is 17.5 Å². The SMILES string of the molecule is CC1(C)c2ccccc2-c2c(-c3nc(-c4ccccc4)nc(-c4ccc5c(c4)oc4cccc(-c6ccccc6)c45)n3)cccc21. The molecule has 0 spiro atoms. The van der Waals surface area contributed by atoms with Gasteiger partial charge in [0.15, 0.2) is 17.5 Å². The molecular formula is C42H29N3O. The van der Waals surface area contributed by atoms with Crippen molar-refractivity contribution in [2.24, 2.45) is 0 Å². The van der Waals surface area contributed by atoms with Crippen LogP contribution in [0.2, 0.25) is 0 Å². The summed E-state index contributed by atoms with van der Waals surface area (Å²) in [5.41, 5.74) is 11.7. The summed E-state index contributed by atoms with van der Waals surface area (Å²) in [7, 11) is 0. The Morgan fingerprint density at radius 1 is 0.457 bits per heavy atom. The molecule has 9 rings (SSSR count). The van der Waals surface area contributed by atoms with Gasteiger partial charge in [-0.05, 0) is 51.6 Å². The lowest BCUT2D eigenvalue weighted by atomic mass is 9.82. The van der Waals surface area contributed by atoms with Gasteiger partial charge < -0.3 is 4.42 Å². The third kappa shape index (κ3) is 4.04. The van der Waals surface area contributed by atoms with Crippen LogP contribution in [-0.2, 0) is 5.41 Å². The van der Waals surface area contributed by atoms with Gasteiger partial charge in [0.1, 0.15) is 11.2 Å². The highest BCUT2D eigenvalue weighted by molar-refractivity contribution is 6.13. The molecule has 2 heterocycles. The molecule has 6 aromatic carbocycles. The van der Waals surface area contributed by atoms with Gasteiger partial charge in [0, 0.05) is 32.9 Å². The Labute approximate surface area is 267 Å². The fraction of sp³-hybridized carbons (Fsp3) is 0.0714. The van der Waals surface area contributed by atoms with Crippen LogP contribution in [0.1, 0.15) is 25.0 Å². The first-order valence-corrected chi connectivity index (χ1v) is 15.6. The fourth-order valence-corrected chi connectivity index (χ4v) is 7.11. The lowest BCUT2D eigenvalue weighted by Crippen LogP contribution is -2.14. The summed E-state index contributed by atoms with van der Waals surface area (Å²) in [4.78, 5) is 15.3. The van der Waals surface area contributed by atoms with Gasteiger partial charge in [-0.15, -0.1) is 0 Å². The summed E-state index contributed by atoms with van der Waals surface area (Å²) in [5.74, 6) is 1.90. The van der Waals surface area contributed by atoms with Crippen LogP contribution in [0.15, 0.2) is 144 Å². The summed E-state index contributed by atoms with van der Waals surface area (Å²) in [5, 5.41) is 2.17.